The van der Waals surface area contributed by atoms with Crippen LogP contribution in [0.1, 0.15) is 48.0 Å². The lowest BCUT2D eigenvalue weighted by Crippen LogP contribution is -2.39. The fourth-order valence-electron chi connectivity index (χ4n) is 2.10. The highest BCUT2D eigenvalue weighted by Crippen LogP contribution is 2.40. The van der Waals surface area contributed by atoms with Crippen LogP contribution in [0.4, 0.5) is 0 Å². The first-order valence-corrected chi connectivity index (χ1v) is 6.81. The molecule has 0 aromatic heterocycles. The van der Waals surface area contributed by atoms with Crippen molar-refractivity contribution >= 4 is 5.97 Å². The molecule has 0 amide bonds. The summed E-state index contributed by atoms with van der Waals surface area (Å²) in [4.78, 5) is 14.3. The van der Waals surface area contributed by atoms with E-state index in [1.165, 1.54) is 0 Å². The number of ether oxygens (including phenoxy) is 1. The van der Waals surface area contributed by atoms with E-state index in [1.54, 1.807) is 0 Å². The molecule has 0 aromatic rings. The molecule has 3 nitrogen and oxygen atoms in total. The number of hydrogen-bond donors (Lipinski definition) is 0. The summed E-state index contributed by atoms with van der Waals surface area (Å²) in [7, 11) is 3.95. The third-order valence-electron chi connectivity index (χ3n) is 3.41. The molecule has 0 fully saturated rings. The Kier molecular flexibility index (Phi) is 6.35. The molecule has 18 heavy (non-hydrogen) atoms. The molecule has 0 heterocycles. The van der Waals surface area contributed by atoms with Gasteiger partial charge < -0.3 is 9.64 Å². The Bertz CT molecular complexity index is 266. The molecule has 1 atom stereocenters. The first kappa shape index (κ1) is 17.4. The fourth-order valence-corrected chi connectivity index (χ4v) is 2.10. The van der Waals surface area contributed by atoms with Crippen LogP contribution in [0.2, 0.25) is 0 Å². The van der Waals surface area contributed by atoms with Gasteiger partial charge in [0.05, 0.1) is 5.41 Å². The van der Waals surface area contributed by atoms with Gasteiger partial charge >= 0.3 is 5.97 Å². The molecule has 3 heteroatoms. The maximum atomic E-state index is 12.3. The highest BCUT2D eigenvalue weighted by atomic mass is 16.5. The second-order valence-electron chi connectivity index (χ2n) is 7.25. The normalized spacial score (nSPS) is 15.9. The summed E-state index contributed by atoms with van der Waals surface area (Å²) in [6, 6.07) is 0. The molecule has 0 radical (unpaired) electrons. The van der Waals surface area contributed by atoms with Gasteiger partial charge in [-0.1, -0.05) is 34.6 Å². The van der Waals surface area contributed by atoms with Crippen molar-refractivity contribution in [2.45, 2.75) is 48.0 Å². The van der Waals surface area contributed by atoms with Gasteiger partial charge in [-0.15, -0.1) is 0 Å². The summed E-state index contributed by atoms with van der Waals surface area (Å²) in [5, 5.41) is 0. The van der Waals surface area contributed by atoms with Crippen LogP contribution in [0.25, 0.3) is 0 Å². The first-order valence-electron chi connectivity index (χ1n) is 6.81. The number of nitrogens with zero attached hydrogens (tertiary/aromatic N) is 1. The van der Waals surface area contributed by atoms with E-state index in [2.05, 4.69) is 34.6 Å². The molecule has 0 bridgehead atoms. The average Bonchev–Trinajstić information content (AvgIpc) is 2.13. The largest absolute Gasteiger partial charge is 0.464 e. The Morgan fingerprint density at radius 2 is 1.67 bits per heavy atom. The van der Waals surface area contributed by atoms with E-state index in [1.807, 2.05) is 25.9 Å². The van der Waals surface area contributed by atoms with Gasteiger partial charge in [0.2, 0.25) is 0 Å². The maximum Gasteiger partial charge on any atom is 0.312 e. The van der Waals surface area contributed by atoms with Crippen LogP contribution in [0, 0.1) is 16.7 Å². The summed E-state index contributed by atoms with van der Waals surface area (Å²) in [5.74, 6) is 0.220. The van der Waals surface area contributed by atoms with Gasteiger partial charge in [0.25, 0.3) is 0 Å². The van der Waals surface area contributed by atoms with Crippen molar-refractivity contribution in [3.05, 3.63) is 0 Å². The molecule has 0 aliphatic rings. The quantitative estimate of drug-likeness (QED) is 0.684. The Morgan fingerprint density at radius 3 is 2.00 bits per heavy atom. The van der Waals surface area contributed by atoms with Crippen molar-refractivity contribution in [1.82, 2.24) is 4.90 Å². The Balaban J connectivity index is 4.63. The number of carbonyl (C=O) groups excluding carboxylic acids is 1. The second kappa shape index (κ2) is 6.55. The topological polar surface area (TPSA) is 29.5 Å². The lowest BCUT2D eigenvalue weighted by molar-refractivity contribution is -0.160. The zero-order valence-electron chi connectivity index (χ0n) is 13.5. The van der Waals surface area contributed by atoms with Gasteiger partial charge in [-0.05, 0) is 38.8 Å². The lowest BCUT2D eigenvalue weighted by atomic mass is 9.69. The maximum absolute atomic E-state index is 12.3. The zero-order valence-corrected chi connectivity index (χ0v) is 13.5. The van der Waals surface area contributed by atoms with E-state index in [4.69, 9.17) is 4.74 Å². The first-order chi connectivity index (χ1) is 7.99. The number of carbonyl (C=O) groups is 1. The van der Waals surface area contributed by atoms with Crippen molar-refractivity contribution in [3.63, 3.8) is 0 Å². The Labute approximate surface area is 113 Å². The van der Waals surface area contributed by atoms with Crippen LogP contribution in [-0.2, 0) is 9.53 Å². The van der Waals surface area contributed by atoms with Crippen LogP contribution in [0.3, 0.4) is 0 Å². The standard InChI is InChI=1S/C15H31NO2/c1-12(2)15(6,11-14(3,4)5)13(17)18-10-9-16(7)8/h12H,9-11H2,1-8H3. The molecular formula is C15H31NO2. The van der Waals surface area contributed by atoms with Crippen LogP contribution >= 0.6 is 0 Å². The molecule has 0 saturated heterocycles. The van der Waals surface area contributed by atoms with Crippen LogP contribution in [0.5, 0.6) is 0 Å². The highest BCUT2D eigenvalue weighted by Gasteiger charge is 2.41. The van der Waals surface area contributed by atoms with E-state index in [-0.39, 0.29) is 17.3 Å². The number of likely N-dealkylation sites (N-methyl/N-ethyl adjacent to an activating group) is 1. The Hall–Kier alpha value is -0.570. The summed E-state index contributed by atoms with van der Waals surface area (Å²) in [5.41, 5.74) is -0.274. The van der Waals surface area contributed by atoms with Gasteiger partial charge in [0.1, 0.15) is 6.61 Å². The number of esters is 1. The third-order valence-corrected chi connectivity index (χ3v) is 3.41. The molecule has 0 aliphatic carbocycles. The summed E-state index contributed by atoms with van der Waals surface area (Å²) in [6.45, 7) is 14.0. The van der Waals surface area contributed by atoms with Crippen molar-refractivity contribution in [2.24, 2.45) is 16.7 Å². The molecule has 0 aromatic carbocycles. The minimum Gasteiger partial charge on any atom is -0.464 e. The van der Waals surface area contributed by atoms with Crippen molar-refractivity contribution < 1.29 is 9.53 Å². The predicted molar refractivity (Wildman–Crippen MR) is 76.5 cm³/mol. The van der Waals surface area contributed by atoms with Gasteiger partial charge in [-0.25, -0.2) is 0 Å². The second-order valence-corrected chi connectivity index (χ2v) is 7.25. The van der Waals surface area contributed by atoms with Crippen LogP contribution in [0.15, 0.2) is 0 Å². The molecule has 0 aliphatic heterocycles. The fraction of sp³-hybridized carbons (Fsp3) is 0.933. The molecule has 0 saturated carbocycles. The van der Waals surface area contributed by atoms with E-state index in [0.29, 0.717) is 6.61 Å². The Morgan fingerprint density at radius 1 is 1.17 bits per heavy atom. The summed E-state index contributed by atoms with van der Waals surface area (Å²) >= 11 is 0. The molecule has 0 N–H and O–H groups in total. The van der Waals surface area contributed by atoms with Crippen LogP contribution < -0.4 is 0 Å². The van der Waals surface area contributed by atoms with Crippen molar-refractivity contribution in [1.29, 1.82) is 0 Å². The molecule has 0 spiro atoms. The average molecular weight is 257 g/mol. The van der Waals surface area contributed by atoms with Gasteiger partial charge in [0, 0.05) is 6.54 Å². The number of hydrogen-bond acceptors (Lipinski definition) is 3. The smallest absolute Gasteiger partial charge is 0.312 e. The minimum atomic E-state index is -0.398. The van der Waals surface area contributed by atoms with Crippen LogP contribution in [-0.4, -0.2) is 38.1 Å². The van der Waals surface area contributed by atoms with Gasteiger partial charge in [0.15, 0.2) is 0 Å². The summed E-state index contributed by atoms with van der Waals surface area (Å²) in [6.07, 6.45) is 0.846. The minimum absolute atomic E-state index is 0.0609. The van der Waals surface area contributed by atoms with Crippen molar-refractivity contribution in [2.75, 3.05) is 27.2 Å². The highest BCUT2D eigenvalue weighted by molar-refractivity contribution is 5.76. The molecule has 0 rings (SSSR count). The molecular weight excluding hydrogens is 226 g/mol. The zero-order chi connectivity index (χ0) is 14.6. The SMILES string of the molecule is CC(C)C(C)(CC(C)(C)C)C(=O)OCCN(C)C. The lowest BCUT2D eigenvalue weighted by Gasteiger charge is -2.36. The predicted octanol–water partition coefficient (Wildman–Crippen LogP) is 3.19. The van der Waals surface area contributed by atoms with E-state index in [0.717, 1.165) is 13.0 Å². The van der Waals surface area contributed by atoms with E-state index in [9.17, 15) is 4.79 Å². The third kappa shape index (κ3) is 5.85. The van der Waals surface area contributed by atoms with Gasteiger partial charge in [-0.3, -0.25) is 4.79 Å². The van der Waals surface area contributed by atoms with Gasteiger partial charge in [-0.2, -0.15) is 0 Å². The van der Waals surface area contributed by atoms with E-state index >= 15 is 0 Å². The number of rotatable bonds is 6. The van der Waals surface area contributed by atoms with Crippen molar-refractivity contribution in [3.8, 4) is 0 Å². The monoisotopic (exact) mass is 257 g/mol. The summed E-state index contributed by atoms with van der Waals surface area (Å²) < 4.78 is 5.44. The molecule has 1 unspecified atom stereocenters. The van der Waals surface area contributed by atoms with E-state index < -0.39 is 5.41 Å². The molecule has 108 valence electrons.